The standard InChI is InChI=1S/C96H110O4S2.2C7H7.Zr/c1-89(2,3)59-35-39-69-73(51-59)81(57-45-63(93(13,14)15)49-64(46-57)94(16,17)18)74-52-60(90(4,5)6)36-40-70(74)83(69)87-85(97)77(55-101-87)67-31-25-27-33-79(67)99-43-29-30-44-100-80-34-28-26-32-68(80)78-56-102-88(86(78)98)84-71-41-37-61(91(7,8)9)53-75(71)82(76-54-62(92(10,11)12)38-42-72(76)84)58-47-65(95(19,20)21)50-66(48-58)96(22,23)24;2*1-7-5-3-2-4-6-7;/h25-28,31-42,45-56,97-98H,29-30,43-44H2,1-24H3;2*2-6H,1H2;/q;2*-1;/p+2. The second-order valence-electron chi connectivity index (χ2n) is 40.3. The minimum Gasteiger partial charge on any atom is -0.582 e. The number of thiophene rings is 2. The fraction of sp³-hybridized carbons (Fsp3) is 0.327. The van der Waals surface area contributed by atoms with Crippen molar-refractivity contribution >= 4 is 65.8 Å². The first-order chi connectivity index (χ1) is 54.3. The third-order valence-electron chi connectivity index (χ3n) is 22.8. The summed E-state index contributed by atoms with van der Waals surface area (Å²) in [6.07, 6.45) is 1.65. The molecular formula is C110H126O4S2Zr. The second kappa shape index (κ2) is 34.3. The van der Waals surface area contributed by atoms with Crippen LogP contribution in [0, 0.1) is 13.8 Å². The molecule has 0 saturated heterocycles. The maximum absolute atomic E-state index is 12.9. The van der Waals surface area contributed by atoms with Crippen LogP contribution in [0.15, 0.2) is 229 Å². The molecule has 12 aromatic carbocycles. The van der Waals surface area contributed by atoms with E-state index in [1.165, 1.54) is 88.3 Å². The largest absolute Gasteiger partial charge is 0.582 e. The van der Waals surface area contributed by atoms with Crippen LogP contribution in [0.25, 0.3) is 108 Å². The van der Waals surface area contributed by atoms with Gasteiger partial charge in [-0.3, -0.25) is 0 Å². The van der Waals surface area contributed by atoms with Gasteiger partial charge in [0.05, 0.1) is 20.9 Å². The van der Waals surface area contributed by atoms with Gasteiger partial charge in [-0.25, -0.2) is 0 Å². The van der Waals surface area contributed by atoms with E-state index in [1.807, 2.05) is 72.8 Å². The molecule has 606 valence electrons. The molecule has 0 radical (unpaired) electrons. The maximum atomic E-state index is 12.9. The first-order valence-electron chi connectivity index (χ1n) is 41.6. The van der Waals surface area contributed by atoms with Crippen LogP contribution in [0.2, 0.25) is 0 Å². The summed E-state index contributed by atoms with van der Waals surface area (Å²) >= 11 is 3.23. The number of aliphatic hydroxyl groups is 2. The summed E-state index contributed by atoms with van der Waals surface area (Å²) < 4.78 is 10.5. The van der Waals surface area contributed by atoms with Crippen LogP contribution in [-0.4, -0.2) is 32.9 Å². The number of aromatic hydroxyl groups is 4. The molecule has 14 rings (SSSR count). The van der Waals surface area contributed by atoms with Crippen molar-refractivity contribution in [2.24, 2.45) is 0 Å². The van der Waals surface area contributed by atoms with Crippen molar-refractivity contribution in [2.45, 2.75) is 222 Å². The van der Waals surface area contributed by atoms with Crippen molar-refractivity contribution < 1.29 is 45.9 Å². The number of ether oxygens (including phenoxy) is 2. The van der Waals surface area contributed by atoms with E-state index < -0.39 is 0 Å². The third-order valence-corrected chi connectivity index (χ3v) is 24.8. The molecule has 4 N–H and O–H groups in total. The summed E-state index contributed by atoms with van der Waals surface area (Å²) in [5, 5.41) is 39.4. The van der Waals surface area contributed by atoms with Gasteiger partial charge < -0.3 is 19.7 Å². The van der Waals surface area contributed by atoms with Gasteiger partial charge in [-0.1, -0.05) is 287 Å². The minimum absolute atomic E-state index is 0. The van der Waals surface area contributed by atoms with Gasteiger partial charge in [-0.05, 0) is 190 Å². The Morgan fingerprint density at radius 3 is 0.752 bits per heavy atom. The zero-order valence-electron chi connectivity index (χ0n) is 74.3. The van der Waals surface area contributed by atoms with Crippen molar-refractivity contribution in [3.05, 3.63) is 299 Å². The molecule has 0 aliphatic heterocycles. The quantitative estimate of drug-likeness (QED) is 0.0523. The molecule has 0 spiro atoms. The molecule has 0 bridgehead atoms. The smallest absolute Gasteiger partial charge is 0.262 e. The Balaban J connectivity index is 0.000000811. The van der Waals surface area contributed by atoms with Gasteiger partial charge in [-0.2, -0.15) is 49.2 Å². The van der Waals surface area contributed by atoms with Crippen LogP contribution in [0.5, 0.6) is 23.0 Å². The molecule has 2 heterocycles. The number of unbranched alkanes of at least 4 members (excludes halogenated alkanes) is 1. The van der Waals surface area contributed by atoms with Gasteiger partial charge in [0.25, 0.3) is 11.5 Å². The monoisotopic (exact) mass is 1660 g/mol. The number of hydrogen-bond acceptors (Lipinski definition) is 4. The summed E-state index contributed by atoms with van der Waals surface area (Å²) in [5.41, 5.74) is 22.3. The van der Waals surface area contributed by atoms with E-state index in [9.17, 15) is 10.2 Å². The first-order valence-corrected chi connectivity index (χ1v) is 43.3. The molecular weight excluding hydrogens is 1540 g/mol. The van der Waals surface area contributed by atoms with Crippen LogP contribution >= 0.6 is 22.7 Å². The fourth-order valence-electron chi connectivity index (χ4n) is 15.4. The number of benzene rings is 12. The van der Waals surface area contributed by atoms with Crippen LogP contribution in [0.1, 0.15) is 235 Å². The summed E-state index contributed by atoms with van der Waals surface area (Å²) in [6, 6.07) is 79.2. The Bertz CT molecular complexity index is 5310. The molecule has 14 aromatic rings. The van der Waals surface area contributed by atoms with Crippen LogP contribution in [0.4, 0.5) is 0 Å². The SMILES string of the molecule is CC(C)(C)c1cc(-c2c3cc(C(C)(C)C)ccc3c(-c3scc(-c4ccccc4[OH+]CCCC[OH+]c4ccccc4-c4csc(-c5c6ccc(C(C)(C)C)cc6c(-c6cc(C(C)(C)C)cc(C(C)(C)C)c6)c6cc(C(C)(C)C)ccc56)c4O)c3O)c3ccc(C(C)(C)C)cc23)cc(C(C)(C)C)c1.[CH2-]c1ccccc1.[CH2-]c1ccccc1.[Zr]. The number of hydrogen-bond donors (Lipinski definition) is 2. The average molecular weight is 1670 g/mol. The Labute approximate surface area is 728 Å². The molecule has 2 aromatic heterocycles. The Hall–Kier alpha value is -9.10. The molecule has 0 saturated carbocycles. The summed E-state index contributed by atoms with van der Waals surface area (Å²) in [5.74, 6) is 2.27. The van der Waals surface area contributed by atoms with Crippen molar-refractivity contribution in [1.29, 1.82) is 0 Å². The van der Waals surface area contributed by atoms with Crippen molar-refractivity contribution in [1.82, 2.24) is 0 Å². The third kappa shape index (κ3) is 19.8. The average Bonchev–Trinajstić information content (AvgIpc) is 1.16. The van der Waals surface area contributed by atoms with Crippen LogP contribution < -0.4 is 0 Å². The molecule has 0 unspecified atom stereocenters. The van der Waals surface area contributed by atoms with Gasteiger partial charge >= 0.3 is 0 Å². The maximum Gasteiger partial charge on any atom is 0.262 e. The number of fused-ring (bicyclic) bond motifs is 4. The Morgan fingerprint density at radius 1 is 0.265 bits per heavy atom. The van der Waals surface area contributed by atoms with E-state index in [0.29, 0.717) is 13.2 Å². The Kier molecular flexibility index (Phi) is 26.0. The van der Waals surface area contributed by atoms with Gasteiger partial charge in [-0.15, -0.1) is 46.9 Å². The van der Waals surface area contributed by atoms with Crippen molar-refractivity contribution in [3.63, 3.8) is 0 Å². The molecule has 0 atom stereocenters. The summed E-state index contributed by atoms with van der Waals surface area (Å²) in [4.78, 5) is 1.71. The normalized spacial score (nSPS) is 12.5. The zero-order valence-corrected chi connectivity index (χ0v) is 78.4. The fourth-order valence-corrected chi connectivity index (χ4v) is 17.5. The van der Waals surface area contributed by atoms with Gasteiger partial charge in [0.2, 0.25) is 0 Å². The predicted octanol–water partition coefficient (Wildman–Crippen LogP) is 31.9. The van der Waals surface area contributed by atoms with Gasteiger partial charge in [0.15, 0.2) is 13.2 Å². The van der Waals surface area contributed by atoms with Crippen molar-refractivity contribution in [3.8, 4) is 88.4 Å². The Morgan fingerprint density at radius 2 is 0.513 bits per heavy atom. The predicted molar refractivity (Wildman–Crippen MR) is 508 cm³/mol. The van der Waals surface area contributed by atoms with E-state index in [1.54, 1.807) is 22.7 Å². The number of rotatable bonds is 13. The van der Waals surface area contributed by atoms with E-state index in [4.69, 9.17) is 9.47 Å². The first kappa shape index (κ1) is 88.7. The molecule has 4 nitrogen and oxygen atoms in total. The second-order valence-corrected chi connectivity index (χ2v) is 42.0. The molecule has 0 aliphatic carbocycles. The van der Waals surface area contributed by atoms with Gasteiger partial charge in [0, 0.05) is 84.2 Å². The van der Waals surface area contributed by atoms with E-state index in [2.05, 4.69) is 336 Å². The van der Waals surface area contributed by atoms with E-state index in [0.717, 1.165) is 100 Å². The molecule has 117 heavy (non-hydrogen) atoms. The van der Waals surface area contributed by atoms with Crippen LogP contribution in [-0.2, 0) is 69.5 Å². The molecule has 0 aliphatic rings. The summed E-state index contributed by atoms with van der Waals surface area (Å²) in [7, 11) is 0. The minimum atomic E-state index is -0.0969. The van der Waals surface area contributed by atoms with Crippen LogP contribution in [0.3, 0.4) is 0 Å². The summed E-state index contributed by atoms with van der Waals surface area (Å²) in [6.45, 7) is 64.1. The molecule has 7 heteroatoms. The van der Waals surface area contributed by atoms with Gasteiger partial charge in [0.1, 0.15) is 11.5 Å². The number of para-hydroxylation sites is 2. The molecule has 0 fully saturated rings. The molecule has 0 amide bonds. The van der Waals surface area contributed by atoms with E-state index >= 15 is 0 Å². The van der Waals surface area contributed by atoms with Crippen molar-refractivity contribution in [2.75, 3.05) is 13.2 Å². The topological polar surface area (TPSA) is 66.1 Å². The zero-order chi connectivity index (χ0) is 84.2. The van der Waals surface area contributed by atoms with E-state index in [-0.39, 0.29) is 81.0 Å².